The van der Waals surface area contributed by atoms with Crippen LogP contribution in [0, 0.1) is 4.77 Å². The van der Waals surface area contributed by atoms with E-state index in [2.05, 4.69) is 15.5 Å². The molecule has 8 heteroatoms. The van der Waals surface area contributed by atoms with Gasteiger partial charge in [0, 0.05) is 6.42 Å². The molecule has 0 bridgehead atoms. The Hall–Kier alpha value is -1.41. The third-order valence-electron chi connectivity index (χ3n) is 2.41. The van der Waals surface area contributed by atoms with Crippen molar-refractivity contribution in [3.63, 3.8) is 0 Å². The molecular formula is C7H8N4O3S. The summed E-state index contributed by atoms with van der Waals surface area (Å²) in [6, 6.07) is -0.824. The summed E-state index contributed by atoms with van der Waals surface area (Å²) in [4.78, 5) is 22.9. The number of nitrogens with one attached hydrogen (secondary N) is 1. The van der Waals surface area contributed by atoms with Gasteiger partial charge in [0.1, 0.15) is 11.6 Å². The quantitative estimate of drug-likeness (QED) is 0.480. The number of tetrazole rings is 1. The van der Waals surface area contributed by atoms with E-state index in [-0.39, 0.29) is 11.2 Å². The Balaban J connectivity index is 2.43. The zero-order valence-electron chi connectivity index (χ0n) is 7.80. The van der Waals surface area contributed by atoms with E-state index in [0.29, 0.717) is 0 Å². The zero-order chi connectivity index (χ0) is 11.2. The number of carbonyl (C=O) groups is 2. The smallest absolute Gasteiger partial charge is 0.238 e. The molecule has 0 saturated heterocycles. The summed E-state index contributed by atoms with van der Waals surface area (Å²) in [7, 11) is 0. The number of nitrogens with zero attached hydrogens (tertiary/aromatic N) is 3. The molecule has 7 nitrogen and oxygen atoms in total. The molecule has 1 fully saturated rings. The van der Waals surface area contributed by atoms with Crippen molar-refractivity contribution in [3.05, 3.63) is 4.77 Å². The van der Waals surface area contributed by atoms with Crippen molar-refractivity contribution < 1.29 is 14.7 Å². The molecule has 0 aliphatic heterocycles. The van der Waals surface area contributed by atoms with E-state index >= 15 is 0 Å². The molecule has 0 spiro atoms. The Labute approximate surface area is 89.1 Å². The van der Waals surface area contributed by atoms with Crippen molar-refractivity contribution >= 4 is 23.8 Å². The second kappa shape index (κ2) is 3.04. The maximum atomic E-state index is 11.5. The summed E-state index contributed by atoms with van der Waals surface area (Å²) in [5.41, 5.74) is -1.62. The van der Waals surface area contributed by atoms with Crippen LogP contribution >= 0.6 is 12.2 Å². The molecule has 0 aromatic carbocycles. The predicted octanol–water partition coefficient (Wildman–Crippen LogP) is -0.830. The molecule has 2 rings (SSSR count). The van der Waals surface area contributed by atoms with Crippen LogP contribution in [-0.4, -0.2) is 42.5 Å². The minimum atomic E-state index is -1.62. The van der Waals surface area contributed by atoms with Crippen LogP contribution in [0.1, 0.15) is 19.4 Å². The maximum Gasteiger partial charge on any atom is 0.238 e. The molecule has 1 heterocycles. The van der Waals surface area contributed by atoms with Crippen LogP contribution < -0.4 is 0 Å². The largest absolute Gasteiger partial charge is 0.382 e. The van der Waals surface area contributed by atoms with Gasteiger partial charge in [0.25, 0.3) is 0 Å². The van der Waals surface area contributed by atoms with Gasteiger partial charge in [-0.1, -0.05) is 10.3 Å². The molecule has 1 aromatic rings. The molecule has 2 atom stereocenters. The van der Waals surface area contributed by atoms with Crippen molar-refractivity contribution in [1.82, 2.24) is 20.2 Å². The number of Topliss-reactive ketones (excluding diaryl/α,β-unsaturated/α-hetero) is 2. The van der Waals surface area contributed by atoms with Crippen LogP contribution in [0.15, 0.2) is 0 Å². The molecule has 1 aliphatic rings. The van der Waals surface area contributed by atoms with Gasteiger partial charge in [-0.3, -0.25) is 9.59 Å². The third-order valence-corrected chi connectivity index (χ3v) is 2.69. The molecule has 1 saturated carbocycles. The van der Waals surface area contributed by atoms with Gasteiger partial charge in [-0.05, 0) is 19.1 Å². The Bertz CT molecular complexity index is 488. The highest BCUT2D eigenvalue weighted by molar-refractivity contribution is 7.71. The summed E-state index contributed by atoms with van der Waals surface area (Å²) in [5.74, 6) is -1.48. The number of aromatic amines is 1. The number of hydrogen-bond acceptors (Lipinski definition) is 6. The summed E-state index contributed by atoms with van der Waals surface area (Å²) in [6.45, 7) is 1.31. The van der Waals surface area contributed by atoms with Crippen LogP contribution in [-0.2, 0) is 9.59 Å². The summed E-state index contributed by atoms with van der Waals surface area (Å²) in [6.07, 6.45) is -0.0111. The van der Waals surface area contributed by atoms with Gasteiger partial charge in [-0.2, -0.15) is 5.21 Å². The first-order valence-corrected chi connectivity index (χ1v) is 4.65. The highest BCUT2D eigenvalue weighted by Crippen LogP contribution is 2.31. The van der Waals surface area contributed by atoms with Gasteiger partial charge in [-0.25, -0.2) is 4.68 Å². The van der Waals surface area contributed by atoms with Gasteiger partial charge in [0.15, 0.2) is 0 Å². The Morgan fingerprint density at radius 3 is 2.73 bits per heavy atom. The summed E-state index contributed by atoms with van der Waals surface area (Å²) >= 11 is 4.80. The van der Waals surface area contributed by atoms with Crippen molar-refractivity contribution in [2.24, 2.45) is 0 Å². The fourth-order valence-electron chi connectivity index (χ4n) is 1.59. The summed E-state index contributed by atoms with van der Waals surface area (Å²) < 4.78 is 1.29. The van der Waals surface area contributed by atoms with Crippen LogP contribution in [0.25, 0.3) is 0 Å². The topological polar surface area (TPSA) is 101 Å². The van der Waals surface area contributed by atoms with E-state index in [1.165, 1.54) is 11.6 Å². The van der Waals surface area contributed by atoms with E-state index in [4.69, 9.17) is 12.2 Å². The van der Waals surface area contributed by atoms with E-state index < -0.39 is 23.2 Å². The monoisotopic (exact) mass is 228 g/mol. The number of H-pyrrole nitrogens is 1. The normalized spacial score (nSPS) is 31.2. The Kier molecular flexibility index (Phi) is 2.05. The summed E-state index contributed by atoms with van der Waals surface area (Å²) in [5, 5.41) is 18.9. The molecule has 1 aromatic heterocycles. The first kappa shape index (κ1) is 10.1. The minimum absolute atomic E-state index is 0.0111. The number of aliphatic hydroxyl groups is 1. The van der Waals surface area contributed by atoms with Gasteiger partial charge < -0.3 is 5.11 Å². The van der Waals surface area contributed by atoms with Crippen LogP contribution in [0.3, 0.4) is 0 Å². The predicted molar refractivity (Wildman–Crippen MR) is 49.5 cm³/mol. The van der Waals surface area contributed by atoms with E-state index in [0.717, 1.165) is 0 Å². The lowest BCUT2D eigenvalue weighted by Crippen LogP contribution is -2.31. The minimum Gasteiger partial charge on any atom is -0.382 e. The van der Waals surface area contributed by atoms with Gasteiger partial charge >= 0.3 is 0 Å². The SMILES string of the molecule is CC1(O)CC(n2[nH]nnc2=S)C(=O)C1=O. The lowest BCUT2D eigenvalue weighted by molar-refractivity contribution is -0.142. The van der Waals surface area contributed by atoms with Crippen molar-refractivity contribution in [2.45, 2.75) is 25.0 Å². The number of ketones is 2. The zero-order valence-corrected chi connectivity index (χ0v) is 8.61. The molecule has 15 heavy (non-hydrogen) atoms. The fourth-order valence-corrected chi connectivity index (χ4v) is 1.80. The fraction of sp³-hybridized carbons (Fsp3) is 0.571. The van der Waals surface area contributed by atoms with Crippen LogP contribution in [0.5, 0.6) is 0 Å². The molecule has 0 amide bonds. The molecule has 1 aliphatic carbocycles. The number of hydrogen-bond donors (Lipinski definition) is 2. The van der Waals surface area contributed by atoms with Gasteiger partial charge in [0.2, 0.25) is 16.3 Å². The molecule has 0 radical (unpaired) electrons. The number of carbonyl (C=O) groups excluding carboxylic acids is 2. The standard InChI is InChI=1S/C7H8N4O3S/c1-7(14)2-3(4(12)5(7)13)11-6(15)8-9-10-11/h3,14H,2H2,1H3,(H,8,10,15). The Morgan fingerprint density at radius 2 is 2.33 bits per heavy atom. The molecular weight excluding hydrogens is 220 g/mol. The lowest BCUT2D eigenvalue weighted by Gasteiger charge is -2.12. The van der Waals surface area contributed by atoms with Gasteiger partial charge in [0.05, 0.1) is 0 Å². The second-order valence-corrected chi connectivity index (χ2v) is 4.00. The van der Waals surface area contributed by atoms with Crippen molar-refractivity contribution in [3.8, 4) is 0 Å². The van der Waals surface area contributed by atoms with Crippen LogP contribution in [0.2, 0.25) is 0 Å². The van der Waals surface area contributed by atoms with Crippen molar-refractivity contribution in [2.75, 3.05) is 0 Å². The van der Waals surface area contributed by atoms with Crippen LogP contribution in [0.4, 0.5) is 0 Å². The average molecular weight is 228 g/mol. The third kappa shape index (κ3) is 1.41. The molecule has 2 N–H and O–H groups in total. The lowest BCUT2D eigenvalue weighted by atomic mass is 10.1. The molecule has 2 unspecified atom stereocenters. The first-order chi connectivity index (χ1) is 6.93. The van der Waals surface area contributed by atoms with E-state index in [1.807, 2.05) is 0 Å². The number of aromatic nitrogens is 4. The highest BCUT2D eigenvalue weighted by Gasteiger charge is 2.50. The van der Waals surface area contributed by atoms with E-state index in [9.17, 15) is 14.7 Å². The van der Waals surface area contributed by atoms with E-state index in [1.54, 1.807) is 0 Å². The first-order valence-electron chi connectivity index (χ1n) is 4.24. The maximum absolute atomic E-state index is 11.5. The van der Waals surface area contributed by atoms with Crippen molar-refractivity contribution in [1.29, 1.82) is 0 Å². The Morgan fingerprint density at radius 1 is 1.67 bits per heavy atom. The second-order valence-electron chi connectivity index (χ2n) is 3.64. The highest BCUT2D eigenvalue weighted by atomic mass is 32.1. The van der Waals surface area contributed by atoms with Gasteiger partial charge in [-0.15, -0.1) is 0 Å². The number of rotatable bonds is 1. The average Bonchev–Trinajstić information content (AvgIpc) is 2.65. The molecule has 80 valence electrons.